The largest absolute Gasteiger partial charge is 0.444 e. The molecule has 2 aromatic rings. The van der Waals surface area contributed by atoms with Gasteiger partial charge in [-0.25, -0.2) is 9.59 Å². The van der Waals surface area contributed by atoms with Crippen LogP contribution in [0.3, 0.4) is 0 Å². The number of piperidine rings is 2. The molecule has 2 saturated heterocycles. The second-order valence-electron chi connectivity index (χ2n) is 11.1. The van der Waals surface area contributed by atoms with Crippen molar-refractivity contribution in [2.75, 3.05) is 19.6 Å². The SMILES string of the molecule is Cn1c(=O)n(C2CCC(=O)NC2=O)c2cccc(C3CCN(C(=O)CCCNC(=O)OC(C)(C)C)CC3)c21. The van der Waals surface area contributed by atoms with Crippen molar-refractivity contribution < 1.29 is 23.9 Å². The first-order chi connectivity index (χ1) is 18.0. The lowest BCUT2D eigenvalue weighted by Crippen LogP contribution is -2.44. The Balaban J connectivity index is 1.38. The van der Waals surface area contributed by atoms with Crippen molar-refractivity contribution in [1.29, 1.82) is 0 Å². The molecular weight excluding hydrogens is 490 g/mol. The summed E-state index contributed by atoms with van der Waals surface area (Å²) in [6, 6.07) is 5.03. The summed E-state index contributed by atoms with van der Waals surface area (Å²) in [6.07, 6.45) is 2.41. The third kappa shape index (κ3) is 5.92. The first-order valence-corrected chi connectivity index (χ1v) is 13.2. The van der Waals surface area contributed by atoms with Crippen LogP contribution in [-0.2, 0) is 26.2 Å². The topological polar surface area (TPSA) is 132 Å². The van der Waals surface area contributed by atoms with E-state index < -0.39 is 23.6 Å². The summed E-state index contributed by atoms with van der Waals surface area (Å²) >= 11 is 0. The molecule has 3 heterocycles. The third-order valence-corrected chi connectivity index (χ3v) is 7.18. The Bertz CT molecular complexity index is 1300. The van der Waals surface area contributed by atoms with Crippen molar-refractivity contribution in [2.24, 2.45) is 7.05 Å². The summed E-state index contributed by atoms with van der Waals surface area (Å²) in [5, 5.41) is 5.02. The number of carbonyl (C=O) groups excluding carboxylic acids is 4. The molecule has 2 aliphatic rings. The van der Waals surface area contributed by atoms with Gasteiger partial charge >= 0.3 is 11.8 Å². The molecule has 38 heavy (non-hydrogen) atoms. The lowest BCUT2D eigenvalue weighted by Gasteiger charge is -2.32. The highest BCUT2D eigenvalue weighted by molar-refractivity contribution is 6.00. The van der Waals surface area contributed by atoms with Gasteiger partial charge in [0, 0.05) is 39.5 Å². The van der Waals surface area contributed by atoms with Gasteiger partial charge in [0.25, 0.3) is 0 Å². The van der Waals surface area contributed by atoms with Crippen molar-refractivity contribution in [3.05, 3.63) is 34.2 Å². The minimum Gasteiger partial charge on any atom is -0.444 e. The van der Waals surface area contributed by atoms with E-state index >= 15 is 0 Å². The number of benzene rings is 1. The number of aryl methyl sites for hydroxylation is 1. The van der Waals surface area contributed by atoms with Gasteiger partial charge in [0.05, 0.1) is 11.0 Å². The lowest BCUT2D eigenvalue weighted by atomic mass is 9.88. The molecule has 0 aliphatic carbocycles. The van der Waals surface area contributed by atoms with Gasteiger partial charge < -0.3 is 15.0 Å². The van der Waals surface area contributed by atoms with Crippen LogP contribution in [0.2, 0.25) is 0 Å². The van der Waals surface area contributed by atoms with Crippen LogP contribution < -0.4 is 16.3 Å². The Morgan fingerprint density at radius 2 is 1.82 bits per heavy atom. The molecule has 1 aromatic carbocycles. The van der Waals surface area contributed by atoms with E-state index in [2.05, 4.69) is 10.6 Å². The predicted octanol–water partition coefficient (Wildman–Crippen LogP) is 2.33. The number of rotatable bonds is 6. The molecular formula is C27H37N5O6. The molecule has 11 heteroatoms. The maximum Gasteiger partial charge on any atom is 0.407 e. The zero-order valence-electron chi connectivity index (χ0n) is 22.5. The number of ether oxygens (including phenoxy) is 1. The molecule has 4 amide bonds. The zero-order chi connectivity index (χ0) is 27.6. The van der Waals surface area contributed by atoms with Gasteiger partial charge in [-0.2, -0.15) is 0 Å². The third-order valence-electron chi connectivity index (χ3n) is 7.18. The number of para-hydroxylation sites is 1. The van der Waals surface area contributed by atoms with Gasteiger partial charge in [0.15, 0.2) is 0 Å². The van der Waals surface area contributed by atoms with E-state index in [-0.39, 0.29) is 29.8 Å². The van der Waals surface area contributed by atoms with Gasteiger partial charge in [-0.05, 0) is 64.0 Å². The number of carbonyl (C=O) groups is 4. The number of amides is 4. The fourth-order valence-corrected chi connectivity index (χ4v) is 5.37. The molecule has 2 fully saturated rings. The summed E-state index contributed by atoms with van der Waals surface area (Å²) < 4.78 is 8.30. The van der Waals surface area contributed by atoms with Gasteiger partial charge in [-0.1, -0.05) is 12.1 Å². The number of aromatic nitrogens is 2. The summed E-state index contributed by atoms with van der Waals surface area (Å²) in [7, 11) is 1.71. The zero-order valence-corrected chi connectivity index (χ0v) is 22.5. The maximum absolute atomic E-state index is 13.2. The fourth-order valence-electron chi connectivity index (χ4n) is 5.37. The van der Waals surface area contributed by atoms with Crippen molar-refractivity contribution in [3.8, 4) is 0 Å². The average molecular weight is 528 g/mol. The van der Waals surface area contributed by atoms with Crippen LogP contribution in [0.1, 0.15) is 76.8 Å². The van der Waals surface area contributed by atoms with E-state index in [0.717, 1.165) is 23.9 Å². The number of likely N-dealkylation sites (tertiary alicyclic amines) is 1. The van der Waals surface area contributed by atoms with Crippen LogP contribution in [0.25, 0.3) is 11.0 Å². The molecule has 0 spiro atoms. The number of hydrogen-bond donors (Lipinski definition) is 2. The summed E-state index contributed by atoms with van der Waals surface area (Å²) in [4.78, 5) is 63.7. The molecule has 2 aliphatic heterocycles. The van der Waals surface area contributed by atoms with E-state index in [0.29, 0.717) is 44.4 Å². The van der Waals surface area contributed by atoms with Gasteiger partial charge in [-0.3, -0.25) is 28.8 Å². The minimum absolute atomic E-state index is 0.0593. The molecule has 11 nitrogen and oxygen atoms in total. The smallest absolute Gasteiger partial charge is 0.407 e. The average Bonchev–Trinajstić information content (AvgIpc) is 3.11. The predicted molar refractivity (Wildman–Crippen MR) is 141 cm³/mol. The molecule has 0 bridgehead atoms. The second-order valence-corrected chi connectivity index (χ2v) is 11.1. The molecule has 1 unspecified atom stereocenters. The first-order valence-electron chi connectivity index (χ1n) is 13.2. The highest BCUT2D eigenvalue weighted by Gasteiger charge is 2.33. The van der Waals surface area contributed by atoms with Crippen LogP contribution in [0.5, 0.6) is 0 Å². The molecule has 1 aromatic heterocycles. The van der Waals surface area contributed by atoms with E-state index in [1.54, 1.807) is 32.4 Å². The second kappa shape index (κ2) is 11.0. The highest BCUT2D eigenvalue weighted by Crippen LogP contribution is 2.34. The quantitative estimate of drug-likeness (QED) is 0.438. The summed E-state index contributed by atoms with van der Waals surface area (Å²) in [6.45, 7) is 6.99. The first kappa shape index (κ1) is 27.4. The standard InChI is InChI=1S/C27H37N5O6/c1-27(2,3)38-25(36)28-14-6-9-22(34)31-15-12-17(13-16-31)18-7-5-8-19-23(18)30(4)26(37)32(19)20-10-11-21(33)29-24(20)35/h5,7-8,17,20H,6,9-16H2,1-4H3,(H,28,36)(H,29,33,35). The summed E-state index contributed by atoms with van der Waals surface area (Å²) in [5.74, 6) is -0.543. The van der Waals surface area contributed by atoms with Crippen molar-refractivity contribution in [1.82, 2.24) is 24.7 Å². The van der Waals surface area contributed by atoms with Crippen molar-refractivity contribution in [3.63, 3.8) is 0 Å². The Kier molecular flexibility index (Phi) is 7.94. The lowest BCUT2D eigenvalue weighted by molar-refractivity contribution is -0.136. The Morgan fingerprint density at radius 1 is 1.11 bits per heavy atom. The van der Waals surface area contributed by atoms with Gasteiger partial charge in [0.2, 0.25) is 17.7 Å². The molecule has 206 valence electrons. The maximum atomic E-state index is 13.2. The number of fused-ring (bicyclic) bond motifs is 1. The molecule has 2 N–H and O–H groups in total. The van der Waals surface area contributed by atoms with Crippen LogP contribution in [0.4, 0.5) is 4.79 Å². The summed E-state index contributed by atoms with van der Waals surface area (Å²) in [5.41, 5.74) is 1.66. The number of imidazole rings is 1. The fraction of sp³-hybridized carbons (Fsp3) is 0.593. The van der Waals surface area contributed by atoms with E-state index in [1.165, 1.54) is 4.57 Å². The van der Waals surface area contributed by atoms with E-state index in [4.69, 9.17) is 4.74 Å². The molecule has 1 atom stereocenters. The van der Waals surface area contributed by atoms with E-state index in [9.17, 15) is 24.0 Å². The van der Waals surface area contributed by atoms with Crippen molar-refractivity contribution in [2.45, 2.75) is 76.9 Å². The number of hydrogen-bond acceptors (Lipinski definition) is 6. The number of nitrogens with one attached hydrogen (secondary N) is 2. The van der Waals surface area contributed by atoms with Gasteiger partial charge in [0.1, 0.15) is 11.6 Å². The Labute approximate surface area is 221 Å². The number of imide groups is 1. The number of alkyl carbamates (subject to hydrolysis) is 1. The molecule has 0 saturated carbocycles. The minimum atomic E-state index is -0.719. The van der Waals surface area contributed by atoms with Crippen LogP contribution in [-0.4, -0.2) is 63.1 Å². The number of nitrogens with zero attached hydrogens (tertiary/aromatic N) is 3. The highest BCUT2D eigenvalue weighted by atomic mass is 16.6. The van der Waals surface area contributed by atoms with Crippen LogP contribution in [0.15, 0.2) is 23.0 Å². The van der Waals surface area contributed by atoms with E-state index in [1.807, 2.05) is 23.1 Å². The molecule has 4 rings (SSSR count). The molecule has 0 radical (unpaired) electrons. The van der Waals surface area contributed by atoms with Gasteiger partial charge in [-0.15, -0.1) is 0 Å². The normalized spacial score (nSPS) is 18.9. The Hall–Kier alpha value is -3.63. The monoisotopic (exact) mass is 527 g/mol. The van der Waals surface area contributed by atoms with Crippen LogP contribution in [0, 0.1) is 0 Å². The van der Waals surface area contributed by atoms with Crippen LogP contribution >= 0.6 is 0 Å². The Morgan fingerprint density at radius 3 is 2.47 bits per heavy atom. The van der Waals surface area contributed by atoms with Crippen molar-refractivity contribution >= 4 is 34.8 Å².